The molecule has 8 heteroatoms. The van der Waals surface area contributed by atoms with Gasteiger partial charge >= 0.3 is 0 Å². The van der Waals surface area contributed by atoms with Crippen LogP contribution in [0.5, 0.6) is 0 Å². The molecule has 0 aliphatic heterocycles. The number of para-hydroxylation sites is 1. The van der Waals surface area contributed by atoms with Crippen molar-refractivity contribution in [3.63, 3.8) is 0 Å². The number of thioether (sulfide) groups is 1. The molecule has 0 unspecified atom stereocenters. The molecular formula is C11H12N4O3S. The molecule has 7 nitrogen and oxygen atoms in total. The maximum absolute atomic E-state index is 10.9. The standard InChI is InChI=1S/C11H12N4O3S/c1-14-10(6-16)12-13-11(14)19-7-8-4-2-3-5-9(8)15(17)18/h2-5,16H,6-7H2,1H3. The van der Waals surface area contributed by atoms with Crippen LogP contribution in [0.15, 0.2) is 29.4 Å². The first kappa shape index (κ1) is 13.5. The molecule has 1 aromatic heterocycles. The summed E-state index contributed by atoms with van der Waals surface area (Å²) in [5.74, 6) is 0.888. The monoisotopic (exact) mass is 280 g/mol. The Hall–Kier alpha value is -1.93. The fraction of sp³-hybridized carbons (Fsp3) is 0.273. The van der Waals surface area contributed by atoms with Gasteiger partial charge in [0.05, 0.1) is 4.92 Å². The van der Waals surface area contributed by atoms with E-state index in [9.17, 15) is 10.1 Å². The molecule has 0 saturated carbocycles. The third-order valence-corrected chi connectivity index (χ3v) is 3.68. The molecule has 0 bridgehead atoms. The molecule has 0 spiro atoms. The van der Waals surface area contributed by atoms with E-state index in [0.29, 0.717) is 22.3 Å². The Morgan fingerprint density at radius 1 is 1.42 bits per heavy atom. The molecule has 0 atom stereocenters. The van der Waals surface area contributed by atoms with Gasteiger partial charge in [-0.2, -0.15) is 0 Å². The number of hydrogen-bond donors (Lipinski definition) is 1. The highest BCUT2D eigenvalue weighted by molar-refractivity contribution is 7.98. The highest BCUT2D eigenvalue weighted by Crippen LogP contribution is 2.26. The Labute approximate surface area is 113 Å². The summed E-state index contributed by atoms with van der Waals surface area (Å²) < 4.78 is 1.67. The molecular weight excluding hydrogens is 268 g/mol. The number of nitro benzene ring substituents is 1. The number of benzene rings is 1. The number of nitrogens with zero attached hydrogens (tertiary/aromatic N) is 4. The fourth-order valence-corrected chi connectivity index (χ4v) is 2.49. The number of aliphatic hydroxyl groups excluding tert-OH is 1. The quantitative estimate of drug-likeness (QED) is 0.507. The van der Waals surface area contributed by atoms with Gasteiger partial charge in [-0.1, -0.05) is 30.0 Å². The first-order valence-corrected chi connectivity index (χ1v) is 6.46. The third kappa shape index (κ3) is 2.91. The summed E-state index contributed by atoms with van der Waals surface area (Å²) in [6.45, 7) is -0.185. The number of aromatic nitrogens is 3. The summed E-state index contributed by atoms with van der Waals surface area (Å²) in [6, 6.07) is 6.59. The molecule has 0 fully saturated rings. The van der Waals surface area contributed by atoms with E-state index in [-0.39, 0.29) is 12.3 Å². The highest BCUT2D eigenvalue weighted by Gasteiger charge is 2.14. The maximum atomic E-state index is 10.9. The molecule has 0 aliphatic rings. The number of hydrogen-bond acceptors (Lipinski definition) is 6. The minimum atomic E-state index is -0.397. The van der Waals surface area contributed by atoms with Gasteiger partial charge in [-0.05, 0) is 0 Å². The topological polar surface area (TPSA) is 94.1 Å². The zero-order valence-electron chi connectivity index (χ0n) is 10.2. The summed E-state index contributed by atoms with van der Waals surface area (Å²) in [4.78, 5) is 10.5. The minimum absolute atomic E-state index is 0.0968. The van der Waals surface area contributed by atoms with Crippen molar-refractivity contribution in [2.24, 2.45) is 7.05 Å². The van der Waals surface area contributed by atoms with Crippen LogP contribution in [-0.2, 0) is 19.4 Å². The van der Waals surface area contributed by atoms with Crippen molar-refractivity contribution in [3.8, 4) is 0 Å². The Morgan fingerprint density at radius 3 is 2.79 bits per heavy atom. The van der Waals surface area contributed by atoms with E-state index in [4.69, 9.17) is 5.11 Å². The molecule has 100 valence electrons. The zero-order chi connectivity index (χ0) is 13.8. The number of nitro groups is 1. The molecule has 0 amide bonds. The predicted octanol–water partition coefficient (Wildman–Crippen LogP) is 1.51. The summed E-state index contributed by atoms with van der Waals surface area (Å²) in [5.41, 5.74) is 0.727. The second kappa shape index (κ2) is 5.81. The van der Waals surface area contributed by atoms with Crippen LogP contribution in [0.1, 0.15) is 11.4 Å². The SMILES string of the molecule is Cn1c(CO)nnc1SCc1ccccc1[N+](=O)[O-]. The van der Waals surface area contributed by atoms with Crippen molar-refractivity contribution in [3.05, 3.63) is 45.8 Å². The lowest BCUT2D eigenvalue weighted by Gasteiger charge is -2.03. The summed E-state index contributed by atoms with van der Waals surface area (Å²) >= 11 is 1.34. The zero-order valence-corrected chi connectivity index (χ0v) is 11.0. The molecule has 2 rings (SSSR count). The van der Waals surface area contributed by atoms with Crippen LogP contribution in [0.3, 0.4) is 0 Å². The van der Waals surface area contributed by atoms with Crippen molar-refractivity contribution in [1.29, 1.82) is 0 Å². The molecule has 1 aromatic carbocycles. The summed E-state index contributed by atoms with van der Waals surface area (Å²) in [5, 5.41) is 28.2. The fourth-order valence-electron chi connectivity index (χ4n) is 1.56. The van der Waals surface area contributed by atoms with Crippen LogP contribution in [0.25, 0.3) is 0 Å². The van der Waals surface area contributed by atoms with Gasteiger partial charge < -0.3 is 9.67 Å². The van der Waals surface area contributed by atoms with Gasteiger partial charge in [0.2, 0.25) is 0 Å². The smallest absolute Gasteiger partial charge is 0.273 e. The van der Waals surface area contributed by atoms with Gasteiger partial charge in [-0.25, -0.2) is 0 Å². The second-order valence-corrected chi connectivity index (χ2v) is 4.73. The van der Waals surface area contributed by atoms with Gasteiger partial charge in [0.25, 0.3) is 5.69 Å². The van der Waals surface area contributed by atoms with Crippen molar-refractivity contribution in [2.75, 3.05) is 0 Å². The number of aliphatic hydroxyl groups is 1. The Morgan fingerprint density at radius 2 is 2.16 bits per heavy atom. The van der Waals surface area contributed by atoms with Gasteiger partial charge in [0, 0.05) is 24.4 Å². The maximum Gasteiger partial charge on any atom is 0.273 e. The average Bonchev–Trinajstić information content (AvgIpc) is 2.77. The lowest BCUT2D eigenvalue weighted by atomic mass is 10.2. The van der Waals surface area contributed by atoms with Crippen LogP contribution < -0.4 is 0 Å². The van der Waals surface area contributed by atoms with Crippen LogP contribution >= 0.6 is 11.8 Å². The van der Waals surface area contributed by atoms with Crippen molar-refractivity contribution in [1.82, 2.24) is 14.8 Å². The normalized spacial score (nSPS) is 10.6. The number of rotatable bonds is 5. The molecule has 0 saturated heterocycles. The Balaban J connectivity index is 2.14. The van der Waals surface area contributed by atoms with Crippen LogP contribution in [0.4, 0.5) is 5.69 Å². The third-order valence-electron chi connectivity index (χ3n) is 2.61. The van der Waals surface area contributed by atoms with Crippen LogP contribution in [-0.4, -0.2) is 24.8 Å². The first-order chi connectivity index (χ1) is 9.13. The predicted molar refractivity (Wildman–Crippen MR) is 69.6 cm³/mol. The first-order valence-electron chi connectivity index (χ1n) is 5.47. The van der Waals surface area contributed by atoms with Gasteiger partial charge in [-0.3, -0.25) is 10.1 Å². The highest BCUT2D eigenvalue weighted by atomic mass is 32.2. The summed E-state index contributed by atoms with van der Waals surface area (Å²) in [6.07, 6.45) is 0. The molecule has 0 aliphatic carbocycles. The summed E-state index contributed by atoms with van der Waals surface area (Å²) in [7, 11) is 1.74. The molecule has 2 aromatic rings. The molecule has 1 heterocycles. The lowest BCUT2D eigenvalue weighted by Crippen LogP contribution is -1.99. The average molecular weight is 280 g/mol. The lowest BCUT2D eigenvalue weighted by molar-refractivity contribution is -0.385. The second-order valence-electron chi connectivity index (χ2n) is 3.79. The van der Waals surface area contributed by atoms with Crippen molar-refractivity contribution < 1.29 is 10.0 Å². The minimum Gasteiger partial charge on any atom is -0.388 e. The molecule has 0 radical (unpaired) electrons. The van der Waals surface area contributed by atoms with Gasteiger partial charge in [0.1, 0.15) is 6.61 Å². The van der Waals surface area contributed by atoms with E-state index < -0.39 is 4.92 Å². The van der Waals surface area contributed by atoms with E-state index in [1.807, 2.05) is 0 Å². The van der Waals surface area contributed by atoms with E-state index in [1.54, 1.807) is 29.8 Å². The van der Waals surface area contributed by atoms with Gasteiger partial charge in [-0.15, -0.1) is 10.2 Å². The molecule has 19 heavy (non-hydrogen) atoms. The van der Waals surface area contributed by atoms with Crippen molar-refractivity contribution in [2.45, 2.75) is 17.5 Å². The van der Waals surface area contributed by atoms with E-state index >= 15 is 0 Å². The van der Waals surface area contributed by atoms with Crippen LogP contribution in [0, 0.1) is 10.1 Å². The van der Waals surface area contributed by atoms with Crippen molar-refractivity contribution >= 4 is 17.4 Å². The van der Waals surface area contributed by atoms with E-state index in [2.05, 4.69) is 10.2 Å². The van der Waals surface area contributed by atoms with E-state index in [0.717, 1.165) is 0 Å². The Bertz CT molecular complexity index is 599. The van der Waals surface area contributed by atoms with Crippen LogP contribution in [0.2, 0.25) is 0 Å². The largest absolute Gasteiger partial charge is 0.388 e. The van der Waals surface area contributed by atoms with Gasteiger partial charge in [0.15, 0.2) is 11.0 Å². The van der Waals surface area contributed by atoms with E-state index in [1.165, 1.54) is 17.8 Å². The Kier molecular flexibility index (Phi) is 4.13. The molecule has 1 N–H and O–H groups in total.